The quantitative estimate of drug-likeness (QED) is 0.325. The van der Waals surface area contributed by atoms with Crippen molar-refractivity contribution in [2.75, 3.05) is 13.2 Å². The molecule has 0 unspecified atom stereocenters. The summed E-state index contributed by atoms with van der Waals surface area (Å²) < 4.78 is 26.2. The van der Waals surface area contributed by atoms with Crippen molar-refractivity contribution >= 4 is 12.0 Å². The van der Waals surface area contributed by atoms with E-state index in [1.54, 1.807) is 24.0 Å². The van der Waals surface area contributed by atoms with Gasteiger partial charge in [0.2, 0.25) is 0 Å². The van der Waals surface area contributed by atoms with Gasteiger partial charge in [-0.1, -0.05) is 6.07 Å². The van der Waals surface area contributed by atoms with E-state index < -0.39 is 17.3 Å². The van der Waals surface area contributed by atoms with E-state index >= 15 is 0 Å². The van der Waals surface area contributed by atoms with Crippen molar-refractivity contribution in [3.05, 3.63) is 53.5 Å². The van der Waals surface area contributed by atoms with Crippen molar-refractivity contribution in [3.63, 3.8) is 0 Å². The molecule has 2 heterocycles. The molecule has 0 aliphatic heterocycles. The van der Waals surface area contributed by atoms with Crippen LogP contribution in [0, 0.1) is 18.7 Å². The number of hydrogen-bond donors (Lipinski definition) is 3. The van der Waals surface area contributed by atoms with E-state index in [-0.39, 0.29) is 43.3 Å². The molecule has 0 saturated heterocycles. The molecule has 3 N–H and O–H groups in total. The lowest BCUT2D eigenvalue weighted by molar-refractivity contribution is 0.0485. The molecule has 1 aromatic carbocycles. The van der Waals surface area contributed by atoms with Crippen LogP contribution >= 0.6 is 0 Å². The van der Waals surface area contributed by atoms with Crippen LogP contribution in [-0.4, -0.2) is 66.7 Å². The van der Waals surface area contributed by atoms with Crippen LogP contribution in [0.3, 0.4) is 0 Å². The molecule has 0 spiro atoms. The Morgan fingerprint density at radius 1 is 1.14 bits per heavy atom. The number of aliphatic hydroxyl groups is 1. The normalized spacial score (nSPS) is 17.0. The van der Waals surface area contributed by atoms with Crippen LogP contribution in [0.4, 0.5) is 9.18 Å². The minimum Gasteiger partial charge on any atom is -0.488 e. The zero-order valence-electron chi connectivity index (χ0n) is 24.4. The second-order valence-electron chi connectivity index (χ2n) is 11.4. The maximum atomic E-state index is 13.9. The number of rotatable bonds is 10. The van der Waals surface area contributed by atoms with Crippen LogP contribution in [-0.2, 0) is 17.8 Å². The number of ether oxygens (including phenoxy) is 2. The number of carbonyl (C=O) groups is 2. The number of nitrogens with one attached hydrogen (secondary N) is 2. The Bertz CT molecular complexity index is 1380. The number of nitrogens with zero attached hydrogens (tertiary/aromatic N) is 5. The lowest BCUT2D eigenvalue weighted by Crippen LogP contribution is -2.41. The van der Waals surface area contributed by atoms with E-state index in [2.05, 4.69) is 30.7 Å². The van der Waals surface area contributed by atoms with Crippen molar-refractivity contribution in [1.29, 1.82) is 0 Å². The van der Waals surface area contributed by atoms with Gasteiger partial charge in [0, 0.05) is 19.1 Å². The number of aliphatic hydroxyl groups excluding tert-OH is 1. The number of carbonyl (C=O) groups excluding carboxylic acids is 2. The van der Waals surface area contributed by atoms with Crippen molar-refractivity contribution in [2.24, 2.45) is 5.92 Å². The topological polar surface area (TPSA) is 153 Å². The third kappa shape index (κ3) is 8.93. The van der Waals surface area contributed by atoms with Gasteiger partial charge in [-0.05, 0) is 83.1 Å². The van der Waals surface area contributed by atoms with Gasteiger partial charge < -0.3 is 25.2 Å². The molecule has 1 fully saturated rings. The van der Waals surface area contributed by atoms with Crippen molar-refractivity contribution < 1.29 is 28.6 Å². The number of aromatic nitrogens is 5. The highest BCUT2D eigenvalue weighted by atomic mass is 19.1. The molecule has 2 amide bonds. The smallest absolute Gasteiger partial charge is 0.407 e. The van der Waals surface area contributed by atoms with E-state index in [1.807, 2.05) is 20.8 Å². The summed E-state index contributed by atoms with van der Waals surface area (Å²) in [6.45, 7) is 7.76. The number of aryl methyl sites for hydroxylation is 1. The van der Waals surface area contributed by atoms with Crippen molar-refractivity contribution in [2.45, 2.75) is 78.1 Å². The number of halogens is 1. The lowest BCUT2D eigenvalue weighted by atomic mass is 9.86. The zero-order chi connectivity index (χ0) is 30.3. The molecule has 1 aliphatic rings. The fourth-order valence-electron chi connectivity index (χ4n) is 4.72. The van der Waals surface area contributed by atoms with Crippen molar-refractivity contribution in [1.82, 2.24) is 35.4 Å². The fraction of sp³-hybridized carbons (Fsp3) is 0.517. The second kappa shape index (κ2) is 13.7. The Kier molecular flexibility index (Phi) is 10.0. The van der Waals surface area contributed by atoms with Gasteiger partial charge in [-0.25, -0.2) is 24.1 Å². The van der Waals surface area contributed by atoms with Crippen LogP contribution < -0.4 is 15.4 Å². The Balaban J connectivity index is 1.32. The van der Waals surface area contributed by atoms with E-state index in [9.17, 15) is 14.0 Å². The molecule has 1 saturated carbocycles. The largest absolute Gasteiger partial charge is 0.488 e. The average molecular weight is 584 g/mol. The molecule has 1 aliphatic carbocycles. The number of benzene rings is 1. The minimum atomic E-state index is -0.551. The highest BCUT2D eigenvalue weighted by Crippen LogP contribution is 2.26. The van der Waals surface area contributed by atoms with Crippen molar-refractivity contribution in [3.8, 4) is 17.3 Å². The molecule has 0 radical (unpaired) electrons. The third-order valence-corrected chi connectivity index (χ3v) is 6.65. The first kappa shape index (κ1) is 30.8. The molecule has 4 rings (SSSR count). The molecule has 226 valence electrons. The first-order chi connectivity index (χ1) is 20.0. The maximum absolute atomic E-state index is 13.9. The Labute approximate surface area is 244 Å². The van der Waals surface area contributed by atoms with Gasteiger partial charge in [0.1, 0.15) is 35.7 Å². The maximum Gasteiger partial charge on any atom is 0.407 e. The fourth-order valence-corrected chi connectivity index (χ4v) is 4.72. The minimum absolute atomic E-state index is 0.00290. The molecular formula is C29H38FN7O5. The van der Waals surface area contributed by atoms with Gasteiger partial charge in [-0.15, -0.1) is 5.10 Å². The molecule has 3 aromatic rings. The molecule has 42 heavy (non-hydrogen) atoms. The molecular weight excluding hydrogens is 545 g/mol. The first-order valence-corrected chi connectivity index (χ1v) is 14.0. The Morgan fingerprint density at radius 2 is 1.90 bits per heavy atom. The SMILES string of the molecule is Cc1nc(C(=O)NCc2ccc(F)c(OCCO)c2)cc(-c2ncn(CC3CCC(NC(=O)OC(C)(C)C)CC3)n2)n1. The predicted octanol–water partition coefficient (Wildman–Crippen LogP) is 3.57. The number of hydrogen-bond acceptors (Lipinski definition) is 9. The lowest BCUT2D eigenvalue weighted by Gasteiger charge is -2.30. The third-order valence-electron chi connectivity index (χ3n) is 6.65. The summed E-state index contributed by atoms with van der Waals surface area (Å²) >= 11 is 0. The predicted molar refractivity (Wildman–Crippen MR) is 151 cm³/mol. The molecule has 12 nitrogen and oxygen atoms in total. The summed E-state index contributed by atoms with van der Waals surface area (Å²) in [5.41, 5.74) is 0.685. The molecule has 2 aromatic heterocycles. The summed E-state index contributed by atoms with van der Waals surface area (Å²) in [6.07, 6.45) is 4.88. The van der Waals surface area contributed by atoms with E-state index in [4.69, 9.17) is 14.6 Å². The highest BCUT2D eigenvalue weighted by Gasteiger charge is 2.25. The standard InChI is InChI=1S/C29H38FN7O5/c1-18-33-23(14-24(34-18)27(39)31-15-20-7-10-22(30)25(13-20)41-12-11-38)26-32-17-37(36-26)16-19-5-8-21(9-6-19)35-28(40)42-29(2,3)4/h7,10,13-14,17,19,21,38H,5-6,8-9,11-12,15-16H2,1-4H3,(H,31,39)(H,35,40). The Hall–Kier alpha value is -4.13. The first-order valence-electron chi connectivity index (χ1n) is 14.0. The second-order valence-corrected chi connectivity index (χ2v) is 11.4. The van der Waals surface area contributed by atoms with Crippen LogP contribution in [0.5, 0.6) is 5.75 Å². The summed E-state index contributed by atoms with van der Waals surface area (Å²) in [5.74, 6) is 0.198. The van der Waals surface area contributed by atoms with Crippen LogP contribution in [0.15, 0.2) is 30.6 Å². The zero-order valence-corrected chi connectivity index (χ0v) is 24.4. The molecule has 13 heteroatoms. The summed E-state index contributed by atoms with van der Waals surface area (Å²) in [4.78, 5) is 38.0. The van der Waals surface area contributed by atoms with Gasteiger partial charge in [0.05, 0.1) is 6.61 Å². The van der Waals surface area contributed by atoms with E-state index in [0.717, 1.165) is 25.7 Å². The van der Waals surface area contributed by atoms with Gasteiger partial charge >= 0.3 is 6.09 Å². The summed E-state index contributed by atoms with van der Waals surface area (Å²) in [6, 6.07) is 5.90. The number of alkyl carbamates (subject to hydrolysis) is 1. The molecule has 0 atom stereocenters. The monoisotopic (exact) mass is 583 g/mol. The summed E-state index contributed by atoms with van der Waals surface area (Å²) in [5, 5.41) is 19.2. The van der Waals surface area contributed by atoms with Crippen LogP contribution in [0.1, 0.15) is 68.3 Å². The van der Waals surface area contributed by atoms with Crippen LogP contribution in [0.25, 0.3) is 11.5 Å². The summed E-state index contributed by atoms with van der Waals surface area (Å²) in [7, 11) is 0. The van der Waals surface area contributed by atoms with E-state index in [0.29, 0.717) is 35.4 Å². The Morgan fingerprint density at radius 3 is 2.62 bits per heavy atom. The van der Waals surface area contributed by atoms with Gasteiger partial charge in [0.25, 0.3) is 5.91 Å². The van der Waals surface area contributed by atoms with E-state index in [1.165, 1.54) is 18.2 Å². The van der Waals surface area contributed by atoms with Gasteiger partial charge in [-0.2, -0.15) is 0 Å². The highest BCUT2D eigenvalue weighted by molar-refractivity contribution is 5.93. The average Bonchev–Trinajstić information content (AvgIpc) is 3.40. The molecule has 0 bridgehead atoms. The van der Waals surface area contributed by atoms with Gasteiger partial charge in [0.15, 0.2) is 17.4 Å². The number of amides is 2. The van der Waals surface area contributed by atoms with Gasteiger partial charge in [-0.3, -0.25) is 9.48 Å². The van der Waals surface area contributed by atoms with Crippen LogP contribution in [0.2, 0.25) is 0 Å².